The summed E-state index contributed by atoms with van der Waals surface area (Å²) in [4.78, 5) is 4.13. The Balaban J connectivity index is 2.17. The third kappa shape index (κ3) is 3.53. The van der Waals surface area contributed by atoms with Gasteiger partial charge in [-0.05, 0) is 23.6 Å². The van der Waals surface area contributed by atoms with E-state index in [-0.39, 0.29) is 5.15 Å². The van der Waals surface area contributed by atoms with Crippen LogP contribution in [0.4, 0.5) is 5.82 Å². The van der Waals surface area contributed by atoms with Gasteiger partial charge in [-0.2, -0.15) is 0 Å². The second-order valence-electron chi connectivity index (χ2n) is 4.07. The topological polar surface area (TPSA) is 24.9 Å². The van der Waals surface area contributed by atoms with Gasteiger partial charge in [-0.1, -0.05) is 66.0 Å². The van der Waals surface area contributed by atoms with Crippen LogP contribution in [-0.4, -0.2) is 4.98 Å². The molecule has 19 heavy (non-hydrogen) atoms. The minimum Gasteiger partial charge on any atom is -0.365 e. The molecule has 1 aromatic heterocycles. The van der Waals surface area contributed by atoms with E-state index in [4.69, 9.17) is 34.8 Å². The summed E-state index contributed by atoms with van der Waals surface area (Å²) in [6, 6.07) is 9.83. The second kappa shape index (κ2) is 6.47. The first-order valence-corrected chi connectivity index (χ1v) is 7.07. The fourth-order valence-corrected chi connectivity index (χ4v) is 2.39. The van der Waals surface area contributed by atoms with Gasteiger partial charge in [0.2, 0.25) is 0 Å². The zero-order chi connectivity index (χ0) is 13.8. The van der Waals surface area contributed by atoms with E-state index in [9.17, 15) is 0 Å². The first-order chi connectivity index (χ1) is 9.11. The molecule has 0 radical (unpaired) electrons. The molecule has 0 saturated carbocycles. The van der Waals surface area contributed by atoms with Crippen LogP contribution in [-0.2, 0) is 13.0 Å². The Morgan fingerprint density at radius 3 is 2.42 bits per heavy atom. The number of aryl methyl sites for hydroxylation is 1. The molecule has 2 rings (SSSR count). The molecule has 0 amide bonds. The van der Waals surface area contributed by atoms with Crippen LogP contribution < -0.4 is 5.32 Å². The highest BCUT2D eigenvalue weighted by atomic mass is 35.5. The van der Waals surface area contributed by atoms with Gasteiger partial charge in [-0.3, -0.25) is 0 Å². The maximum Gasteiger partial charge on any atom is 0.150 e. The molecule has 0 unspecified atom stereocenters. The summed E-state index contributed by atoms with van der Waals surface area (Å²) < 4.78 is 0. The fourth-order valence-electron chi connectivity index (χ4n) is 1.82. The predicted octanol–water partition coefficient (Wildman–Crippen LogP) is 5.22. The largest absolute Gasteiger partial charge is 0.365 e. The lowest BCUT2D eigenvalue weighted by Gasteiger charge is -2.11. The molecule has 1 N–H and O–H groups in total. The molecule has 100 valence electrons. The van der Waals surface area contributed by atoms with E-state index >= 15 is 0 Å². The predicted molar refractivity (Wildman–Crippen MR) is 82.4 cm³/mol. The average molecular weight is 316 g/mol. The van der Waals surface area contributed by atoms with Crippen molar-refractivity contribution < 1.29 is 0 Å². The summed E-state index contributed by atoms with van der Waals surface area (Å²) >= 11 is 17.8. The van der Waals surface area contributed by atoms with E-state index in [0.29, 0.717) is 22.4 Å². The minimum absolute atomic E-state index is 0.248. The minimum atomic E-state index is 0.248. The molecule has 0 aliphatic heterocycles. The average Bonchev–Trinajstić information content (AvgIpc) is 2.41. The van der Waals surface area contributed by atoms with Gasteiger partial charge in [-0.25, -0.2) is 4.98 Å². The molecule has 0 aliphatic rings. The maximum absolute atomic E-state index is 6.07. The van der Waals surface area contributed by atoms with Gasteiger partial charge in [0.05, 0.1) is 10.0 Å². The zero-order valence-electron chi connectivity index (χ0n) is 10.4. The number of anilines is 1. The van der Waals surface area contributed by atoms with Gasteiger partial charge in [0, 0.05) is 6.54 Å². The summed E-state index contributed by atoms with van der Waals surface area (Å²) in [6.45, 7) is 2.78. The highest BCUT2D eigenvalue weighted by Gasteiger charge is 2.08. The zero-order valence-corrected chi connectivity index (χ0v) is 12.6. The molecular weight excluding hydrogens is 303 g/mol. The molecule has 2 nitrogen and oxygen atoms in total. The lowest BCUT2D eigenvalue weighted by molar-refractivity contribution is 1.03. The summed E-state index contributed by atoms with van der Waals surface area (Å²) in [5.74, 6) is 0.543. The lowest BCUT2D eigenvalue weighted by atomic mass is 10.1. The molecule has 0 aliphatic carbocycles. The van der Waals surface area contributed by atoms with Gasteiger partial charge in [0.15, 0.2) is 0 Å². The van der Waals surface area contributed by atoms with E-state index in [1.807, 2.05) is 12.1 Å². The van der Waals surface area contributed by atoms with Crippen LogP contribution in [0.25, 0.3) is 0 Å². The number of aromatic nitrogens is 1. The Bertz CT molecular complexity index is 585. The van der Waals surface area contributed by atoms with Crippen molar-refractivity contribution in [1.82, 2.24) is 4.98 Å². The van der Waals surface area contributed by atoms with Gasteiger partial charge < -0.3 is 5.32 Å². The Kier molecular flexibility index (Phi) is 4.92. The van der Waals surface area contributed by atoms with Crippen LogP contribution in [0, 0.1) is 0 Å². The third-order valence-electron chi connectivity index (χ3n) is 2.83. The smallest absolute Gasteiger partial charge is 0.150 e. The molecule has 0 atom stereocenters. The van der Waals surface area contributed by atoms with Gasteiger partial charge in [-0.15, -0.1) is 0 Å². The quantitative estimate of drug-likeness (QED) is 0.783. The van der Waals surface area contributed by atoms with E-state index in [1.165, 1.54) is 11.1 Å². The second-order valence-corrected chi connectivity index (χ2v) is 5.24. The summed E-state index contributed by atoms with van der Waals surface area (Å²) in [6.07, 6.45) is 0.986. The number of halogens is 3. The number of rotatable bonds is 4. The van der Waals surface area contributed by atoms with Crippen molar-refractivity contribution in [3.05, 3.63) is 56.7 Å². The van der Waals surface area contributed by atoms with Crippen molar-refractivity contribution in [2.75, 3.05) is 5.32 Å². The van der Waals surface area contributed by atoms with Crippen LogP contribution in [0.15, 0.2) is 30.3 Å². The first kappa shape index (κ1) is 14.4. The Labute approximate surface area is 127 Å². The van der Waals surface area contributed by atoms with Gasteiger partial charge in [0.1, 0.15) is 11.0 Å². The number of nitrogens with zero attached hydrogens (tertiary/aromatic N) is 1. The summed E-state index contributed by atoms with van der Waals surface area (Å²) in [5.41, 5.74) is 2.51. The Morgan fingerprint density at radius 1 is 1.05 bits per heavy atom. The number of benzene rings is 1. The molecule has 0 fully saturated rings. The standard InChI is InChI=1S/C14H13Cl3N2/c1-2-9-5-3-4-6-10(9)8-18-14-12(16)7-11(15)13(17)19-14/h3-7H,2,8H2,1H3,(H,18,19). The van der Waals surface area contributed by atoms with Crippen molar-refractivity contribution in [3.8, 4) is 0 Å². The normalized spacial score (nSPS) is 10.5. The highest BCUT2D eigenvalue weighted by molar-refractivity contribution is 6.42. The molecule has 0 saturated heterocycles. The van der Waals surface area contributed by atoms with E-state index in [0.717, 1.165) is 6.42 Å². The van der Waals surface area contributed by atoms with E-state index in [1.54, 1.807) is 6.07 Å². The number of pyridine rings is 1. The Hall–Kier alpha value is -0.960. The van der Waals surface area contributed by atoms with Gasteiger partial charge in [0.25, 0.3) is 0 Å². The van der Waals surface area contributed by atoms with Crippen LogP contribution >= 0.6 is 34.8 Å². The monoisotopic (exact) mass is 314 g/mol. The molecule has 1 aromatic carbocycles. The van der Waals surface area contributed by atoms with Crippen LogP contribution in [0.1, 0.15) is 18.1 Å². The summed E-state index contributed by atoms with van der Waals surface area (Å²) in [7, 11) is 0. The SMILES string of the molecule is CCc1ccccc1CNc1nc(Cl)c(Cl)cc1Cl. The first-order valence-electron chi connectivity index (χ1n) is 5.94. The van der Waals surface area contributed by atoms with Gasteiger partial charge >= 0.3 is 0 Å². The van der Waals surface area contributed by atoms with E-state index in [2.05, 4.69) is 29.4 Å². The molecule has 0 bridgehead atoms. The van der Waals surface area contributed by atoms with Crippen molar-refractivity contribution in [3.63, 3.8) is 0 Å². The summed E-state index contributed by atoms with van der Waals surface area (Å²) in [5, 5.41) is 4.25. The van der Waals surface area contributed by atoms with Crippen LogP contribution in [0.5, 0.6) is 0 Å². The third-order valence-corrected chi connectivity index (χ3v) is 3.79. The number of hydrogen-bond donors (Lipinski definition) is 1. The highest BCUT2D eigenvalue weighted by Crippen LogP contribution is 2.29. The Morgan fingerprint density at radius 2 is 1.74 bits per heavy atom. The van der Waals surface area contributed by atoms with Crippen LogP contribution in [0.3, 0.4) is 0 Å². The van der Waals surface area contributed by atoms with Crippen molar-refractivity contribution in [2.45, 2.75) is 19.9 Å². The lowest BCUT2D eigenvalue weighted by Crippen LogP contribution is -2.04. The van der Waals surface area contributed by atoms with Crippen molar-refractivity contribution in [1.29, 1.82) is 0 Å². The molecular formula is C14H13Cl3N2. The van der Waals surface area contributed by atoms with E-state index < -0.39 is 0 Å². The van der Waals surface area contributed by atoms with Crippen LogP contribution in [0.2, 0.25) is 15.2 Å². The number of nitrogens with one attached hydrogen (secondary N) is 1. The molecule has 1 heterocycles. The molecule has 2 aromatic rings. The van der Waals surface area contributed by atoms with Crippen molar-refractivity contribution >= 4 is 40.6 Å². The number of hydrogen-bond acceptors (Lipinski definition) is 2. The molecule has 0 spiro atoms. The fraction of sp³-hybridized carbons (Fsp3) is 0.214. The molecule has 5 heteroatoms. The maximum atomic E-state index is 6.07. The van der Waals surface area contributed by atoms with Crippen molar-refractivity contribution in [2.24, 2.45) is 0 Å².